The predicted octanol–water partition coefficient (Wildman–Crippen LogP) is 5.28. The summed E-state index contributed by atoms with van der Waals surface area (Å²) in [6, 6.07) is 9.35. The summed E-state index contributed by atoms with van der Waals surface area (Å²) >= 11 is 6.31. The zero-order chi connectivity index (χ0) is 22.3. The van der Waals surface area contributed by atoms with Gasteiger partial charge in [0.25, 0.3) is 5.69 Å². The van der Waals surface area contributed by atoms with Crippen LogP contribution in [-0.2, 0) is 4.79 Å². The summed E-state index contributed by atoms with van der Waals surface area (Å²) in [7, 11) is 3.17. The highest BCUT2D eigenvalue weighted by Crippen LogP contribution is 2.37. The molecular weight excluding hydrogens is 408 g/mol. The van der Waals surface area contributed by atoms with Gasteiger partial charge in [0.05, 0.1) is 29.7 Å². The molecule has 0 bridgehead atoms. The van der Waals surface area contributed by atoms with Gasteiger partial charge in [-0.2, -0.15) is 0 Å². The summed E-state index contributed by atoms with van der Waals surface area (Å²) in [6.45, 7) is 4.32. The molecular formula is C22H25ClN2O5. The number of likely N-dealkylation sites (N-methyl/N-ethyl adjacent to an activating group) is 1. The van der Waals surface area contributed by atoms with E-state index in [0.717, 1.165) is 6.42 Å². The second-order valence-electron chi connectivity index (χ2n) is 6.69. The van der Waals surface area contributed by atoms with Gasteiger partial charge in [-0.05, 0) is 42.7 Å². The van der Waals surface area contributed by atoms with Gasteiger partial charge in [0.1, 0.15) is 0 Å². The van der Waals surface area contributed by atoms with Crippen LogP contribution in [0.5, 0.6) is 11.5 Å². The van der Waals surface area contributed by atoms with E-state index < -0.39 is 4.92 Å². The van der Waals surface area contributed by atoms with Crippen molar-refractivity contribution in [2.45, 2.75) is 26.3 Å². The Morgan fingerprint density at radius 1 is 1.33 bits per heavy atom. The van der Waals surface area contributed by atoms with Crippen LogP contribution < -0.4 is 9.47 Å². The third-order valence-corrected chi connectivity index (χ3v) is 4.89. The monoisotopic (exact) mass is 432 g/mol. The van der Waals surface area contributed by atoms with Gasteiger partial charge in [0, 0.05) is 25.3 Å². The first-order valence-electron chi connectivity index (χ1n) is 9.48. The van der Waals surface area contributed by atoms with E-state index in [2.05, 4.69) is 0 Å². The molecule has 0 aliphatic rings. The number of nitro benzene ring substituents is 1. The first-order valence-corrected chi connectivity index (χ1v) is 9.85. The predicted molar refractivity (Wildman–Crippen MR) is 117 cm³/mol. The Hall–Kier alpha value is -3.06. The van der Waals surface area contributed by atoms with Gasteiger partial charge in [-0.1, -0.05) is 30.7 Å². The number of nitro groups is 1. The SMILES string of the molecule is CCCOc1c(Cl)cc(/C=C/C(=O)N(C)C(C)c2cccc([N+](=O)[O-])c2)cc1OC. The Labute approximate surface area is 181 Å². The number of nitrogens with zero attached hydrogens (tertiary/aromatic N) is 2. The average Bonchev–Trinajstić information content (AvgIpc) is 2.75. The zero-order valence-corrected chi connectivity index (χ0v) is 18.2. The molecule has 7 nitrogen and oxygen atoms in total. The van der Waals surface area contributed by atoms with Crippen LogP contribution in [0.25, 0.3) is 6.08 Å². The molecule has 0 heterocycles. The third-order valence-electron chi connectivity index (χ3n) is 4.61. The van der Waals surface area contributed by atoms with E-state index in [1.807, 2.05) is 13.8 Å². The maximum absolute atomic E-state index is 12.6. The Kier molecular flexibility index (Phi) is 8.24. The number of carbonyl (C=O) groups excluding carboxylic acids is 1. The fourth-order valence-corrected chi connectivity index (χ4v) is 3.05. The van der Waals surface area contributed by atoms with E-state index >= 15 is 0 Å². The number of rotatable bonds is 9. The third kappa shape index (κ3) is 5.73. The first-order chi connectivity index (χ1) is 14.3. The molecule has 0 spiro atoms. The number of amides is 1. The molecule has 2 rings (SSSR count). The molecule has 0 aromatic heterocycles. The first kappa shape index (κ1) is 23.2. The van der Waals surface area contributed by atoms with Crippen molar-refractivity contribution in [3.63, 3.8) is 0 Å². The van der Waals surface area contributed by atoms with E-state index in [1.54, 1.807) is 37.4 Å². The van der Waals surface area contributed by atoms with Crippen molar-refractivity contribution < 1.29 is 19.2 Å². The lowest BCUT2D eigenvalue weighted by molar-refractivity contribution is -0.384. The van der Waals surface area contributed by atoms with Crippen LogP contribution in [0.3, 0.4) is 0 Å². The fraction of sp³-hybridized carbons (Fsp3) is 0.318. The lowest BCUT2D eigenvalue weighted by Gasteiger charge is -2.24. The normalized spacial score (nSPS) is 11.9. The van der Waals surface area contributed by atoms with E-state index in [1.165, 1.54) is 30.2 Å². The van der Waals surface area contributed by atoms with Crippen molar-refractivity contribution >= 4 is 29.3 Å². The molecule has 8 heteroatoms. The maximum Gasteiger partial charge on any atom is 0.269 e. The minimum atomic E-state index is -0.455. The van der Waals surface area contributed by atoms with E-state index in [-0.39, 0.29) is 17.6 Å². The molecule has 1 amide bonds. The largest absolute Gasteiger partial charge is 0.493 e. The molecule has 2 aromatic carbocycles. The van der Waals surface area contributed by atoms with Gasteiger partial charge in [0.15, 0.2) is 11.5 Å². The Morgan fingerprint density at radius 3 is 2.70 bits per heavy atom. The summed E-state index contributed by atoms with van der Waals surface area (Å²) in [5.74, 6) is 0.706. The highest BCUT2D eigenvalue weighted by atomic mass is 35.5. The number of methoxy groups -OCH3 is 1. The van der Waals surface area contributed by atoms with Crippen LogP contribution in [0.1, 0.15) is 37.4 Å². The highest BCUT2D eigenvalue weighted by Gasteiger charge is 2.18. The quantitative estimate of drug-likeness (QED) is 0.306. The van der Waals surface area contributed by atoms with Crippen LogP contribution in [0, 0.1) is 10.1 Å². The van der Waals surface area contributed by atoms with Crippen molar-refractivity contribution in [1.29, 1.82) is 0 Å². The summed E-state index contributed by atoms with van der Waals surface area (Å²) in [5.41, 5.74) is 1.35. The van der Waals surface area contributed by atoms with Crippen LogP contribution in [-0.4, -0.2) is 36.5 Å². The van der Waals surface area contributed by atoms with Crippen molar-refractivity contribution in [2.75, 3.05) is 20.8 Å². The Bertz CT molecular complexity index is 945. The summed E-state index contributed by atoms with van der Waals surface area (Å²) in [4.78, 5) is 24.7. The van der Waals surface area contributed by atoms with Gasteiger partial charge >= 0.3 is 0 Å². The minimum absolute atomic E-state index is 0.0112. The smallest absolute Gasteiger partial charge is 0.269 e. The van der Waals surface area contributed by atoms with Gasteiger partial charge in [-0.15, -0.1) is 0 Å². The molecule has 0 aliphatic heterocycles. The highest BCUT2D eigenvalue weighted by molar-refractivity contribution is 6.32. The fourth-order valence-electron chi connectivity index (χ4n) is 2.78. The number of carbonyl (C=O) groups is 1. The van der Waals surface area contributed by atoms with Crippen LogP contribution >= 0.6 is 11.6 Å². The zero-order valence-electron chi connectivity index (χ0n) is 17.4. The molecule has 1 atom stereocenters. The second-order valence-corrected chi connectivity index (χ2v) is 7.10. The van der Waals surface area contributed by atoms with Crippen LogP contribution in [0.15, 0.2) is 42.5 Å². The number of halogens is 1. The number of benzene rings is 2. The van der Waals surface area contributed by atoms with Gasteiger partial charge in [0.2, 0.25) is 5.91 Å². The van der Waals surface area contributed by atoms with E-state index in [4.69, 9.17) is 21.1 Å². The number of hydrogen-bond donors (Lipinski definition) is 0. The van der Waals surface area contributed by atoms with Gasteiger partial charge < -0.3 is 14.4 Å². The van der Waals surface area contributed by atoms with Crippen LogP contribution in [0.2, 0.25) is 5.02 Å². The van der Waals surface area contributed by atoms with Crippen molar-refractivity contribution in [1.82, 2.24) is 4.90 Å². The molecule has 0 saturated heterocycles. The number of hydrogen-bond acceptors (Lipinski definition) is 5. The molecule has 0 radical (unpaired) electrons. The molecule has 0 aliphatic carbocycles. The molecule has 2 aromatic rings. The summed E-state index contributed by atoms with van der Waals surface area (Å²) in [5, 5.41) is 11.4. The van der Waals surface area contributed by atoms with E-state index in [0.29, 0.717) is 34.3 Å². The number of non-ortho nitro benzene ring substituents is 1. The molecule has 0 N–H and O–H groups in total. The lowest BCUT2D eigenvalue weighted by atomic mass is 10.1. The molecule has 30 heavy (non-hydrogen) atoms. The summed E-state index contributed by atoms with van der Waals surface area (Å²) in [6.07, 6.45) is 3.90. The maximum atomic E-state index is 12.6. The second kappa shape index (κ2) is 10.6. The van der Waals surface area contributed by atoms with Crippen molar-refractivity contribution in [3.8, 4) is 11.5 Å². The van der Waals surface area contributed by atoms with Crippen molar-refractivity contribution in [2.24, 2.45) is 0 Å². The van der Waals surface area contributed by atoms with Gasteiger partial charge in [-0.3, -0.25) is 14.9 Å². The van der Waals surface area contributed by atoms with Crippen LogP contribution in [0.4, 0.5) is 5.69 Å². The lowest BCUT2D eigenvalue weighted by Crippen LogP contribution is -2.28. The minimum Gasteiger partial charge on any atom is -0.493 e. The van der Waals surface area contributed by atoms with Crippen molar-refractivity contribution in [3.05, 3.63) is 68.7 Å². The molecule has 160 valence electrons. The Balaban J connectivity index is 2.17. The molecule has 1 unspecified atom stereocenters. The van der Waals surface area contributed by atoms with Gasteiger partial charge in [-0.25, -0.2) is 0 Å². The average molecular weight is 433 g/mol. The summed E-state index contributed by atoms with van der Waals surface area (Å²) < 4.78 is 11.0. The number of ether oxygens (including phenoxy) is 2. The molecule has 0 saturated carbocycles. The topological polar surface area (TPSA) is 81.9 Å². The molecule has 0 fully saturated rings. The Morgan fingerprint density at radius 2 is 2.07 bits per heavy atom. The van der Waals surface area contributed by atoms with E-state index in [9.17, 15) is 14.9 Å². The standard InChI is InChI=1S/C22H25ClN2O5/c1-5-11-30-22-19(23)12-16(13-20(22)29-4)9-10-21(26)24(3)15(2)17-7-6-8-18(14-17)25(27)28/h6-10,12-15H,5,11H2,1-4H3/b10-9+.